The van der Waals surface area contributed by atoms with Crippen LogP contribution in [0.15, 0.2) is 18.3 Å². The molecular weight excluding hydrogens is 204 g/mol. The molecule has 1 aromatic heterocycles. The summed E-state index contributed by atoms with van der Waals surface area (Å²) < 4.78 is 0. The van der Waals surface area contributed by atoms with Crippen molar-refractivity contribution in [1.29, 1.82) is 0 Å². The standard InChI is InChI=1S/C12H16N2O2/c1-9-2-3-10(13-6-9)7-14(8-12(15)16)11-4-5-11/h2-3,6,11H,4-5,7-8H2,1H3,(H,15,16). The van der Waals surface area contributed by atoms with Gasteiger partial charge in [-0.05, 0) is 31.4 Å². The average Bonchev–Trinajstić information content (AvgIpc) is 3.03. The van der Waals surface area contributed by atoms with E-state index in [0.717, 1.165) is 24.1 Å². The van der Waals surface area contributed by atoms with Crippen molar-refractivity contribution < 1.29 is 9.90 Å². The Bertz CT molecular complexity index is 371. The van der Waals surface area contributed by atoms with Crippen molar-refractivity contribution >= 4 is 5.97 Å². The SMILES string of the molecule is Cc1ccc(CN(CC(=O)O)C2CC2)nc1. The van der Waals surface area contributed by atoms with Crippen molar-refractivity contribution in [2.45, 2.75) is 32.4 Å². The van der Waals surface area contributed by atoms with Crippen molar-refractivity contribution in [2.75, 3.05) is 6.54 Å². The second kappa shape index (κ2) is 4.61. The summed E-state index contributed by atoms with van der Waals surface area (Å²) in [5, 5.41) is 8.82. The van der Waals surface area contributed by atoms with E-state index in [0.29, 0.717) is 12.6 Å². The Balaban J connectivity index is 1.99. The summed E-state index contributed by atoms with van der Waals surface area (Å²) >= 11 is 0. The molecule has 0 aromatic carbocycles. The number of carboxylic acids is 1. The molecule has 4 heteroatoms. The summed E-state index contributed by atoms with van der Waals surface area (Å²) in [6, 6.07) is 4.42. The minimum atomic E-state index is -0.765. The molecule has 16 heavy (non-hydrogen) atoms. The number of hydrogen-bond acceptors (Lipinski definition) is 3. The van der Waals surface area contributed by atoms with E-state index in [1.54, 1.807) is 0 Å². The number of aromatic nitrogens is 1. The first kappa shape index (κ1) is 11.1. The van der Waals surface area contributed by atoms with Gasteiger partial charge in [-0.3, -0.25) is 14.7 Å². The minimum Gasteiger partial charge on any atom is -0.480 e. The van der Waals surface area contributed by atoms with Gasteiger partial charge < -0.3 is 5.11 Å². The van der Waals surface area contributed by atoms with Crippen molar-refractivity contribution in [3.63, 3.8) is 0 Å². The minimum absolute atomic E-state index is 0.111. The predicted molar refractivity (Wildman–Crippen MR) is 60.0 cm³/mol. The van der Waals surface area contributed by atoms with Gasteiger partial charge in [-0.15, -0.1) is 0 Å². The van der Waals surface area contributed by atoms with Crippen LogP contribution in [0.3, 0.4) is 0 Å². The Morgan fingerprint density at radius 2 is 2.31 bits per heavy atom. The van der Waals surface area contributed by atoms with E-state index in [2.05, 4.69) is 4.98 Å². The Kier molecular flexibility index (Phi) is 3.19. The summed E-state index contributed by atoms with van der Waals surface area (Å²) in [4.78, 5) is 17.0. The van der Waals surface area contributed by atoms with Gasteiger partial charge in [-0.2, -0.15) is 0 Å². The Morgan fingerprint density at radius 1 is 1.56 bits per heavy atom. The molecule has 86 valence electrons. The van der Waals surface area contributed by atoms with Crippen LogP contribution < -0.4 is 0 Å². The maximum absolute atomic E-state index is 10.7. The molecule has 0 radical (unpaired) electrons. The van der Waals surface area contributed by atoms with Crippen molar-refractivity contribution in [3.8, 4) is 0 Å². The van der Waals surface area contributed by atoms with E-state index in [1.165, 1.54) is 0 Å². The molecule has 1 fully saturated rings. The molecular formula is C12H16N2O2. The smallest absolute Gasteiger partial charge is 0.317 e. The van der Waals surface area contributed by atoms with Gasteiger partial charge >= 0.3 is 5.97 Å². The Morgan fingerprint density at radius 3 is 2.81 bits per heavy atom. The van der Waals surface area contributed by atoms with Crippen LogP contribution in [0.5, 0.6) is 0 Å². The second-order valence-electron chi connectivity index (χ2n) is 4.36. The number of aryl methyl sites for hydroxylation is 1. The van der Waals surface area contributed by atoms with Gasteiger partial charge in [0.25, 0.3) is 0 Å². The van der Waals surface area contributed by atoms with Crippen molar-refractivity contribution in [3.05, 3.63) is 29.6 Å². The highest BCUT2D eigenvalue weighted by atomic mass is 16.4. The van der Waals surface area contributed by atoms with Gasteiger partial charge in [0.05, 0.1) is 12.2 Å². The van der Waals surface area contributed by atoms with Crippen LogP contribution in [0.25, 0.3) is 0 Å². The van der Waals surface area contributed by atoms with E-state index in [1.807, 2.05) is 30.2 Å². The van der Waals surface area contributed by atoms with E-state index in [9.17, 15) is 4.79 Å². The van der Waals surface area contributed by atoms with Gasteiger partial charge in [-0.1, -0.05) is 6.07 Å². The fraction of sp³-hybridized carbons (Fsp3) is 0.500. The van der Waals surface area contributed by atoms with Gasteiger partial charge in [0.2, 0.25) is 0 Å². The highest BCUT2D eigenvalue weighted by Gasteiger charge is 2.30. The van der Waals surface area contributed by atoms with E-state index in [4.69, 9.17) is 5.11 Å². The lowest BCUT2D eigenvalue weighted by atomic mass is 10.2. The second-order valence-corrected chi connectivity index (χ2v) is 4.36. The summed E-state index contributed by atoms with van der Waals surface area (Å²) in [5.74, 6) is -0.765. The topological polar surface area (TPSA) is 53.4 Å². The molecule has 1 heterocycles. The quantitative estimate of drug-likeness (QED) is 0.815. The molecule has 1 saturated carbocycles. The number of rotatable bonds is 5. The summed E-state index contributed by atoms with van der Waals surface area (Å²) in [6.45, 7) is 2.74. The fourth-order valence-electron chi connectivity index (χ4n) is 1.73. The zero-order valence-electron chi connectivity index (χ0n) is 9.39. The number of aliphatic carboxylic acids is 1. The van der Waals surface area contributed by atoms with Gasteiger partial charge in [0.1, 0.15) is 0 Å². The number of nitrogens with zero attached hydrogens (tertiary/aromatic N) is 2. The lowest BCUT2D eigenvalue weighted by Crippen LogP contribution is -2.31. The highest BCUT2D eigenvalue weighted by molar-refractivity contribution is 5.69. The van der Waals surface area contributed by atoms with E-state index in [-0.39, 0.29) is 6.54 Å². The zero-order chi connectivity index (χ0) is 11.5. The lowest BCUT2D eigenvalue weighted by molar-refractivity contribution is -0.138. The molecule has 0 saturated heterocycles. The van der Waals surface area contributed by atoms with E-state index < -0.39 is 5.97 Å². The van der Waals surface area contributed by atoms with Crippen LogP contribution in [0.4, 0.5) is 0 Å². The first-order valence-corrected chi connectivity index (χ1v) is 5.52. The van der Waals surface area contributed by atoms with Gasteiger partial charge in [-0.25, -0.2) is 0 Å². The maximum atomic E-state index is 10.7. The molecule has 1 aliphatic carbocycles. The lowest BCUT2D eigenvalue weighted by Gasteiger charge is -2.18. The van der Waals surface area contributed by atoms with E-state index >= 15 is 0 Å². The van der Waals surface area contributed by atoms with Crippen LogP contribution in [0.1, 0.15) is 24.1 Å². The summed E-state index contributed by atoms with van der Waals surface area (Å²) in [7, 11) is 0. The molecule has 0 amide bonds. The molecule has 0 unspecified atom stereocenters. The Labute approximate surface area is 94.9 Å². The van der Waals surface area contributed by atoms with Crippen LogP contribution in [0, 0.1) is 6.92 Å². The number of carboxylic acid groups (broad SMARTS) is 1. The van der Waals surface area contributed by atoms with Crippen LogP contribution in [-0.2, 0) is 11.3 Å². The molecule has 1 N–H and O–H groups in total. The molecule has 0 aliphatic heterocycles. The Hall–Kier alpha value is -1.42. The first-order chi connectivity index (χ1) is 7.65. The molecule has 4 nitrogen and oxygen atoms in total. The first-order valence-electron chi connectivity index (χ1n) is 5.52. The van der Waals surface area contributed by atoms with Crippen LogP contribution in [-0.4, -0.2) is 33.5 Å². The summed E-state index contributed by atoms with van der Waals surface area (Å²) in [5.41, 5.74) is 2.07. The highest BCUT2D eigenvalue weighted by Crippen LogP contribution is 2.27. The molecule has 1 aliphatic rings. The van der Waals surface area contributed by atoms with Gasteiger partial charge in [0.15, 0.2) is 0 Å². The van der Waals surface area contributed by atoms with Crippen LogP contribution >= 0.6 is 0 Å². The number of pyridine rings is 1. The van der Waals surface area contributed by atoms with Crippen molar-refractivity contribution in [1.82, 2.24) is 9.88 Å². The number of carbonyl (C=O) groups is 1. The third-order valence-electron chi connectivity index (χ3n) is 2.74. The summed E-state index contributed by atoms with van der Waals surface area (Å²) in [6.07, 6.45) is 4.04. The predicted octanol–water partition coefficient (Wildman–Crippen LogP) is 1.44. The normalized spacial score (nSPS) is 15.4. The van der Waals surface area contributed by atoms with Gasteiger partial charge in [0, 0.05) is 18.8 Å². The number of hydrogen-bond donors (Lipinski definition) is 1. The van der Waals surface area contributed by atoms with Crippen LogP contribution in [0.2, 0.25) is 0 Å². The largest absolute Gasteiger partial charge is 0.480 e. The molecule has 0 bridgehead atoms. The molecule has 0 spiro atoms. The maximum Gasteiger partial charge on any atom is 0.317 e. The molecule has 1 aromatic rings. The average molecular weight is 220 g/mol. The fourth-order valence-corrected chi connectivity index (χ4v) is 1.73. The zero-order valence-corrected chi connectivity index (χ0v) is 9.39. The third kappa shape index (κ3) is 3.03. The third-order valence-corrected chi connectivity index (χ3v) is 2.74. The van der Waals surface area contributed by atoms with Crippen molar-refractivity contribution in [2.24, 2.45) is 0 Å². The monoisotopic (exact) mass is 220 g/mol. The molecule has 2 rings (SSSR count). The molecule has 0 atom stereocenters.